The van der Waals surface area contributed by atoms with E-state index in [2.05, 4.69) is 10.3 Å². The molecule has 4 nitrogen and oxygen atoms in total. The zero-order chi connectivity index (χ0) is 19.5. The Bertz CT molecular complexity index is 1100. The van der Waals surface area contributed by atoms with Crippen molar-refractivity contribution < 1.29 is 9.21 Å². The van der Waals surface area contributed by atoms with E-state index >= 15 is 0 Å². The summed E-state index contributed by atoms with van der Waals surface area (Å²) in [6.07, 6.45) is 3.82. The molecule has 0 radical (unpaired) electrons. The average molecular weight is 413 g/mol. The van der Waals surface area contributed by atoms with E-state index in [1.54, 1.807) is 18.4 Å². The van der Waals surface area contributed by atoms with Gasteiger partial charge in [-0.3, -0.25) is 4.79 Å². The molecule has 0 bridgehead atoms. The summed E-state index contributed by atoms with van der Waals surface area (Å²) in [4.78, 5) is 16.0. The van der Waals surface area contributed by atoms with Crippen molar-refractivity contribution >= 4 is 40.0 Å². The Morgan fingerprint density at radius 1 is 1.07 bits per heavy atom. The van der Waals surface area contributed by atoms with Crippen molar-refractivity contribution in [2.24, 2.45) is 0 Å². The number of halogens is 2. The Labute approximate surface area is 172 Å². The highest BCUT2D eigenvalue weighted by molar-refractivity contribution is 6.42. The number of benzene rings is 2. The van der Waals surface area contributed by atoms with Crippen LogP contribution in [0.3, 0.4) is 0 Å². The number of aromatic amines is 1. The summed E-state index contributed by atoms with van der Waals surface area (Å²) in [6.45, 7) is 0.355. The van der Waals surface area contributed by atoms with Crippen LogP contribution in [0.2, 0.25) is 10.0 Å². The molecule has 1 amide bonds. The zero-order valence-electron chi connectivity index (χ0n) is 14.9. The fraction of sp³-hybridized carbons (Fsp3) is 0.136. The first kappa shape index (κ1) is 18.7. The molecule has 0 aliphatic heterocycles. The first-order valence-electron chi connectivity index (χ1n) is 8.92. The molecule has 2 N–H and O–H groups in total. The second-order valence-electron chi connectivity index (χ2n) is 6.58. The minimum atomic E-state index is -0.164. The predicted molar refractivity (Wildman–Crippen MR) is 112 cm³/mol. The highest BCUT2D eigenvalue weighted by Gasteiger charge is 2.22. The number of nitrogens with one attached hydrogen (secondary N) is 2. The van der Waals surface area contributed by atoms with Gasteiger partial charge in [0.15, 0.2) is 0 Å². The highest BCUT2D eigenvalue weighted by Crippen LogP contribution is 2.36. The molecule has 4 aromatic rings. The summed E-state index contributed by atoms with van der Waals surface area (Å²) in [5.74, 6) is 0.479. The lowest BCUT2D eigenvalue weighted by molar-refractivity contribution is -0.121. The van der Waals surface area contributed by atoms with Gasteiger partial charge in [-0.1, -0.05) is 47.5 Å². The number of carbonyl (C=O) groups is 1. The van der Waals surface area contributed by atoms with Gasteiger partial charge in [-0.2, -0.15) is 0 Å². The molecule has 6 heteroatoms. The summed E-state index contributed by atoms with van der Waals surface area (Å²) < 4.78 is 5.28. The van der Waals surface area contributed by atoms with E-state index in [-0.39, 0.29) is 18.2 Å². The molecular weight excluding hydrogens is 395 g/mol. The second kappa shape index (κ2) is 8.13. The number of H-pyrrole nitrogens is 1. The number of para-hydroxylation sites is 1. The molecule has 2 aromatic heterocycles. The lowest BCUT2D eigenvalue weighted by Crippen LogP contribution is -2.24. The Morgan fingerprint density at radius 3 is 2.71 bits per heavy atom. The molecule has 0 saturated heterocycles. The number of amides is 1. The van der Waals surface area contributed by atoms with Crippen LogP contribution in [0.5, 0.6) is 0 Å². The van der Waals surface area contributed by atoms with Crippen molar-refractivity contribution in [1.29, 1.82) is 0 Å². The first-order chi connectivity index (χ1) is 13.6. The third-order valence-electron chi connectivity index (χ3n) is 4.77. The summed E-state index contributed by atoms with van der Waals surface area (Å²) in [7, 11) is 0. The van der Waals surface area contributed by atoms with Crippen molar-refractivity contribution in [2.45, 2.75) is 18.9 Å². The van der Waals surface area contributed by atoms with Gasteiger partial charge < -0.3 is 14.7 Å². The molecule has 0 fully saturated rings. The van der Waals surface area contributed by atoms with Crippen LogP contribution in [0.4, 0.5) is 0 Å². The van der Waals surface area contributed by atoms with Crippen molar-refractivity contribution in [2.75, 3.05) is 0 Å². The number of aromatic nitrogens is 1. The summed E-state index contributed by atoms with van der Waals surface area (Å²) in [5, 5.41) is 4.96. The molecule has 4 rings (SSSR count). The predicted octanol–water partition coefficient (Wildman–Crippen LogP) is 5.91. The number of furan rings is 1. The SMILES string of the molecule is O=C(CC(c1ccc(Cl)c(Cl)c1)c1c[nH]c2ccccc12)NCc1ccco1. The normalized spacial score (nSPS) is 12.2. The maximum Gasteiger partial charge on any atom is 0.221 e. The zero-order valence-corrected chi connectivity index (χ0v) is 16.4. The highest BCUT2D eigenvalue weighted by atomic mass is 35.5. The maximum atomic E-state index is 12.7. The summed E-state index contributed by atoms with van der Waals surface area (Å²) in [6, 6.07) is 17.2. The number of rotatable bonds is 6. The topological polar surface area (TPSA) is 58.0 Å². The van der Waals surface area contributed by atoms with Gasteiger partial charge in [-0.15, -0.1) is 0 Å². The average Bonchev–Trinajstić information content (AvgIpc) is 3.36. The van der Waals surface area contributed by atoms with Gasteiger partial charge in [0.1, 0.15) is 5.76 Å². The quantitative estimate of drug-likeness (QED) is 0.413. The third kappa shape index (κ3) is 3.93. The maximum absolute atomic E-state index is 12.7. The molecule has 2 heterocycles. The standard InChI is InChI=1S/C22H18Cl2N2O2/c23-19-8-7-14(10-20(19)24)17(11-22(27)26-12-15-4-3-9-28-15)18-13-25-21-6-2-1-5-16(18)21/h1-10,13,17,25H,11-12H2,(H,26,27). The van der Waals surface area contributed by atoms with Crippen molar-refractivity contribution in [3.8, 4) is 0 Å². The van der Waals surface area contributed by atoms with Crippen LogP contribution in [-0.2, 0) is 11.3 Å². The van der Waals surface area contributed by atoms with E-state index in [4.69, 9.17) is 27.6 Å². The molecule has 0 aliphatic carbocycles. The van der Waals surface area contributed by atoms with Gasteiger partial charge in [0.25, 0.3) is 0 Å². The second-order valence-corrected chi connectivity index (χ2v) is 7.39. The number of hydrogen-bond donors (Lipinski definition) is 2. The van der Waals surface area contributed by atoms with Gasteiger partial charge in [-0.25, -0.2) is 0 Å². The van der Waals surface area contributed by atoms with Gasteiger partial charge >= 0.3 is 0 Å². The van der Waals surface area contributed by atoms with Crippen LogP contribution in [0.1, 0.15) is 29.2 Å². The van der Waals surface area contributed by atoms with E-state index in [0.717, 1.165) is 22.0 Å². The summed E-state index contributed by atoms with van der Waals surface area (Å²) in [5.41, 5.74) is 3.01. The molecule has 0 saturated carbocycles. The molecule has 1 unspecified atom stereocenters. The van der Waals surface area contributed by atoms with Crippen molar-refractivity contribution in [3.05, 3.63) is 94.0 Å². The fourth-order valence-electron chi connectivity index (χ4n) is 3.38. The molecule has 0 spiro atoms. The van der Waals surface area contributed by atoms with Crippen LogP contribution < -0.4 is 5.32 Å². The van der Waals surface area contributed by atoms with Crippen LogP contribution in [-0.4, -0.2) is 10.9 Å². The molecule has 0 aliphatic rings. The van der Waals surface area contributed by atoms with Crippen LogP contribution in [0.15, 0.2) is 71.5 Å². The smallest absolute Gasteiger partial charge is 0.221 e. The van der Waals surface area contributed by atoms with E-state index in [1.165, 1.54) is 0 Å². The van der Waals surface area contributed by atoms with Crippen LogP contribution in [0, 0.1) is 0 Å². The van der Waals surface area contributed by atoms with E-state index < -0.39 is 0 Å². The Hall–Kier alpha value is -2.69. The number of hydrogen-bond acceptors (Lipinski definition) is 2. The third-order valence-corrected chi connectivity index (χ3v) is 5.51. The number of fused-ring (bicyclic) bond motifs is 1. The Balaban J connectivity index is 1.65. The fourth-order valence-corrected chi connectivity index (χ4v) is 3.68. The molecule has 1 atom stereocenters. The summed E-state index contributed by atoms with van der Waals surface area (Å²) >= 11 is 12.3. The molecular formula is C22H18Cl2N2O2. The Kier molecular flexibility index (Phi) is 5.42. The minimum Gasteiger partial charge on any atom is -0.467 e. The lowest BCUT2D eigenvalue weighted by Gasteiger charge is -2.18. The largest absolute Gasteiger partial charge is 0.467 e. The van der Waals surface area contributed by atoms with Gasteiger partial charge in [-0.05, 0) is 41.5 Å². The van der Waals surface area contributed by atoms with E-state index in [0.29, 0.717) is 22.4 Å². The van der Waals surface area contributed by atoms with Crippen LogP contribution >= 0.6 is 23.2 Å². The lowest BCUT2D eigenvalue weighted by atomic mass is 9.88. The van der Waals surface area contributed by atoms with E-state index in [1.807, 2.05) is 48.7 Å². The van der Waals surface area contributed by atoms with Crippen molar-refractivity contribution in [1.82, 2.24) is 10.3 Å². The first-order valence-corrected chi connectivity index (χ1v) is 9.67. The monoisotopic (exact) mass is 412 g/mol. The molecule has 142 valence electrons. The molecule has 2 aromatic carbocycles. The van der Waals surface area contributed by atoms with Crippen molar-refractivity contribution in [3.63, 3.8) is 0 Å². The van der Waals surface area contributed by atoms with Gasteiger partial charge in [0.2, 0.25) is 5.91 Å². The van der Waals surface area contributed by atoms with Crippen LogP contribution in [0.25, 0.3) is 10.9 Å². The van der Waals surface area contributed by atoms with Gasteiger partial charge in [0.05, 0.1) is 22.9 Å². The van der Waals surface area contributed by atoms with Gasteiger partial charge in [0, 0.05) is 29.4 Å². The number of carbonyl (C=O) groups excluding carboxylic acids is 1. The minimum absolute atomic E-state index is 0.0715. The molecule has 28 heavy (non-hydrogen) atoms. The van der Waals surface area contributed by atoms with E-state index in [9.17, 15) is 4.79 Å². The Morgan fingerprint density at radius 2 is 1.93 bits per heavy atom.